The highest BCUT2D eigenvalue weighted by Gasteiger charge is 2.44. The Hall–Kier alpha value is -0.630. The van der Waals surface area contributed by atoms with E-state index in [4.69, 9.17) is 4.74 Å². The number of epoxide rings is 1. The lowest BCUT2D eigenvalue weighted by Crippen LogP contribution is -2.09. The minimum absolute atomic E-state index is 0.0556. The van der Waals surface area contributed by atoms with Crippen molar-refractivity contribution in [3.8, 4) is 0 Å². The molecule has 0 bridgehead atoms. The Morgan fingerprint density at radius 1 is 1.75 bits per heavy atom. The minimum atomic E-state index is -0.0556. The van der Waals surface area contributed by atoms with Gasteiger partial charge in [-0.1, -0.05) is 6.08 Å². The summed E-state index contributed by atoms with van der Waals surface area (Å²) >= 11 is 0. The summed E-state index contributed by atoms with van der Waals surface area (Å²) in [5.41, 5.74) is 0. The van der Waals surface area contributed by atoms with Crippen molar-refractivity contribution in [3.63, 3.8) is 0 Å². The van der Waals surface area contributed by atoms with E-state index >= 15 is 0 Å². The lowest BCUT2D eigenvalue weighted by Gasteiger charge is -1.91. The van der Waals surface area contributed by atoms with Crippen molar-refractivity contribution in [2.24, 2.45) is 0 Å². The van der Waals surface area contributed by atoms with Crippen LogP contribution in [0.15, 0.2) is 12.2 Å². The van der Waals surface area contributed by atoms with Gasteiger partial charge in [-0.25, -0.2) is 0 Å². The lowest BCUT2D eigenvalue weighted by atomic mass is 10.1. The summed E-state index contributed by atoms with van der Waals surface area (Å²) in [5, 5.41) is 0. The summed E-state index contributed by atoms with van der Waals surface area (Å²) in [6.07, 6.45) is 4.59. The fourth-order valence-electron chi connectivity index (χ4n) is 0.986. The molecule has 2 rings (SSSR count). The van der Waals surface area contributed by atoms with Gasteiger partial charge in [-0.2, -0.15) is 0 Å². The zero-order valence-electron chi connectivity index (χ0n) is 4.33. The van der Waals surface area contributed by atoms with Crippen LogP contribution >= 0.6 is 0 Å². The van der Waals surface area contributed by atoms with Gasteiger partial charge in [0.2, 0.25) is 0 Å². The zero-order chi connectivity index (χ0) is 5.56. The van der Waals surface area contributed by atoms with Crippen LogP contribution in [0.4, 0.5) is 0 Å². The first-order chi connectivity index (χ1) is 3.88. The van der Waals surface area contributed by atoms with E-state index < -0.39 is 0 Å². The molecule has 2 nitrogen and oxygen atoms in total. The fraction of sp³-hybridized carbons (Fsp3) is 0.500. The van der Waals surface area contributed by atoms with Crippen molar-refractivity contribution in [1.82, 2.24) is 0 Å². The molecule has 1 aliphatic carbocycles. The molecule has 0 amide bonds. The summed E-state index contributed by atoms with van der Waals surface area (Å²) in [5.74, 6) is 0.140. The van der Waals surface area contributed by atoms with Crippen molar-refractivity contribution in [2.75, 3.05) is 0 Å². The molecule has 0 unspecified atom stereocenters. The van der Waals surface area contributed by atoms with Crippen LogP contribution in [0.1, 0.15) is 6.42 Å². The third-order valence-corrected chi connectivity index (χ3v) is 1.51. The molecule has 8 heavy (non-hydrogen) atoms. The van der Waals surface area contributed by atoms with Gasteiger partial charge in [-0.15, -0.1) is 0 Å². The van der Waals surface area contributed by atoms with Crippen molar-refractivity contribution in [3.05, 3.63) is 12.2 Å². The minimum Gasteiger partial charge on any atom is -0.361 e. The molecular weight excluding hydrogens is 104 g/mol. The number of hydrogen-bond acceptors (Lipinski definition) is 2. The Balaban J connectivity index is 2.24. The van der Waals surface area contributed by atoms with Crippen molar-refractivity contribution < 1.29 is 9.53 Å². The largest absolute Gasteiger partial charge is 0.361 e. The van der Waals surface area contributed by atoms with Gasteiger partial charge in [0.15, 0.2) is 5.78 Å². The van der Waals surface area contributed by atoms with Crippen LogP contribution in [-0.2, 0) is 9.53 Å². The Morgan fingerprint density at radius 3 is 3.25 bits per heavy atom. The van der Waals surface area contributed by atoms with Crippen LogP contribution in [0.5, 0.6) is 0 Å². The molecule has 0 radical (unpaired) electrons. The van der Waals surface area contributed by atoms with Gasteiger partial charge in [0.1, 0.15) is 6.10 Å². The molecule has 1 heterocycles. The maximum atomic E-state index is 10.6. The Kier molecular flexibility index (Phi) is 0.641. The number of hydrogen-bond donors (Lipinski definition) is 0. The lowest BCUT2D eigenvalue weighted by molar-refractivity contribution is -0.115. The van der Waals surface area contributed by atoms with E-state index in [1.165, 1.54) is 0 Å². The summed E-state index contributed by atoms with van der Waals surface area (Å²) < 4.78 is 4.98. The number of rotatable bonds is 0. The first kappa shape index (κ1) is 4.27. The Bertz CT molecular complexity index is 160. The number of ether oxygens (including phenoxy) is 1. The van der Waals surface area contributed by atoms with Crippen molar-refractivity contribution in [2.45, 2.75) is 18.6 Å². The van der Waals surface area contributed by atoms with Gasteiger partial charge in [0.05, 0.1) is 6.10 Å². The van der Waals surface area contributed by atoms with Gasteiger partial charge >= 0.3 is 0 Å². The SMILES string of the molecule is O=C1C=CC[C@@H]2O[C@H]12. The highest BCUT2D eigenvalue weighted by molar-refractivity contribution is 5.96. The van der Waals surface area contributed by atoms with E-state index in [2.05, 4.69) is 0 Å². The van der Waals surface area contributed by atoms with Crippen molar-refractivity contribution in [1.29, 1.82) is 0 Å². The van der Waals surface area contributed by atoms with E-state index in [9.17, 15) is 4.79 Å². The predicted octanol–water partition coefficient (Wildman–Crippen LogP) is 0.283. The van der Waals surface area contributed by atoms with Crippen LogP contribution in [0.2, 0.25) is 0 Å². The zero-order valence-corrected chi connectivity index (χ0v) is 4.33. The molecule has 1 fully saturated rings. The first-order valence-corrected chi connectivity index (χ1v) is 2.74. The molecule has 2 atom stereocenters. The summed E-state index contributed by atoms with van der Waals surface area (Å²) in [6.45, 7) is 0. The normalized spacial score (nSPS) is 41.8. The molecule has 0 aromatic rings. The molecule has 1 saturated heterocycles. The Labute approximate surface area is 47.1 Å². The molecule has 0 spiro atoms. The predicted molar refractivity (Wildman–Crippen MR) is 27.4 cm³/mol. The van der Waals surface area contributed by atoms with Crippen LogP contribution in [-0.4, -0.2) is 18.0 Å². The topological polar surface area (TPSA) is 29.6 Å². The van der Waals surface area contributed by atoms with Gasteiger partial charge in [-0.05, 0) is 12.5 Å². The van der Waals surface area contributed by atoms with Crippen molar-refractivity contribution >= 4 is 5.78 Å². The van der Waals surface area contributed by atoms with Gasteiger partial charge in [0, 0.05) is 0 Å². The highest BCUT2D eigenvalue weighted by atomic mass is 16.6. The first-order valence-electron chi connectivity index (χ1n) is 2.74. The standard InChI is InChI=1S/C6H6O2/c7-4-2-1-3-5-6(4)8-5/h1-2,5-6H,3H2/t5-,6+/m0/s1. The molecule has 0 N–H and O–H groups in total. The molecule has 1 aliphatic heterocycles. The van der Waals surface area contributed by atoms with Gasteiger partial charge in [0.25, 0.3) is 0 Å². The molecule has 0 saturated carbocycles. The van der Waals surface area contributed by atoms with E-state index in [-0.39, 0.29) is 18.0 Å². The molecule has 0 aromatic heterocycles. The second-order valence-electron chi connectivity index (χ2n) is 2.14. The third kappa shape index (κ3) is 0.434. The summed E-state index contributed by atoms with van der Waals surface area (Å²) in [4.78, 5) is 10.6. The van der Waals surface area contributed by atoms with Crippen LogP contribution in [0.25, 0.3) is 0 Å². The number of carbonyl (C=O) groups is 1. The van der Waals surface area contributed by atoms with Gasteiger partial charge in [-0.3, -0.25) is 4.79 Å². The third-order valence-electron chi connectivity index (χ3n) is 1.51. The van der Waals surface area contributed by atoms with Crippen LogP contribution in [0, 0.1) is 0 Å². The molecule has 0 aromatic carbocycles. The summed E-state index contributed by atoms with van der Waals surface area (Å²) in [7, 11) is 0. The van der Waals surface area contributed by atoms with Crippen LogP contribution in [0.3, 0.4) is 0 Å². The maximum Gasteiger partial charge on any atom is 0.186 e. The maximum absolute atomic E-state index is 10.6. The molecule has 2 aliphatic rings. The van der Waals surface area contributed by atoms with E-state index in [0.29, 0.717) is 0 Å². The second kappa shape index (κ2) is 1.20. The monoisotopic (exact) mass is 110 g/mol. The quantitative estimate of drug-likeness (QED) is 0.419. The van der Waals surface area contributed by atoms with E-state index in [1.807, 2.05) is 6.08 Å². The highest BCUT2D eigenvalue weighted by Crippen LogP contribution is 2.29. The fourth-order valence-corrected chi connectivity index (χ4v) is 0.986. The van der Waals surface area contributed by atoms with Crippen LogP contribution < -0.4 is 0 Å². The number of ketones is 1. The Morgan fingerprint density at radius 2 is 2.62 bits per heavy atom. The number of carbonyl (C=O) groups excluding carboxylic acids is 1. The molecule has 2 heteroatoms. The smallest absolute Gasteiger partial charge is 0.186 e. The average Bonchev–Trinajstić information content (AvgIpc) is 2.45. The van der Waals surface area contributed by atoms with E-state index in [0.717, 1.165) is 6.42 Å². The molecule has 42 valence electrons. The second-order valence-corrected chi connectivity index (χ2v) is 2.14. The van der Waals surface area contributed by atoms with E-state index in [1.54, 1.807) is 6.08 Å². The molecular formula is C6H6O2. The average molecular weight is 110 g/mol. The van der Waals surface area contributed by atoms with Gasteiger partial charge < -0.3 is 4.74 Å². The number of fused-ring (bicyclic) bond motifs is 1. The summed E-state index contributed by atoms with van der Waals surface area (Å²) in [6, 6.07) is 0.